The number of fused-ring (bicyclic) bond motifs is 4. The van der Waals surface area contributed by atoms with E-state index in [4.69, 9.17) is 23.2 Å². The molecular formula is C29H16Cl2O. The Bertz CT molecular complexity index is 1590. The summed E-state index contributed by atoms with van der Waals surface area (Å²) in [6, 6.07) is 32.0. The standard InChI is InChI=1S/C29H16Cl2O/c30-25-11-9-21-13-17-5-1-3-7-19(17)15-23(21)27(25)29(32)28-24-16-20-8-4-2-6-18(20)14-22(24)10-12-26(28)31/h1-16H. The second-order valence-electron chi connectivity index (χ2n) is 8.01. The summed E-state index contributed by atoms with van der Waals surface area (Å²) < 4.78 is 0. The number of carbonyl (C=O) groups is 1. The van der Waals surface area contributed by atoms with Crippen LogP contribution in [0.15, 0.2) is 97.1 Å². The number of carbonyl (C=O) groups excluding carboxylic acids is 1. The lowest BCUT2D eigenvalue weighted by Gasteiger charge is -2.14. The van der Waals surface area contributed by atoms with E-state index in [1.54, 1.807) is 12.1 Å². The van der Waals surface area contributed by atoms with Crippen LogP contribution in [0.4, 0.5) is 0 Å². The van der Waals surface area contributed by atoms with E-state index >= 15 is 0 Å². The van der Waals surface area contributed by atoms with Gasteiger partial charge < -0.3 is 0 Å². The highest BCUT2D eigenvalue weighted by Crippen LogP contribution is 2.36. The van der Waals surface area contributed by atoms with Crippen molar-refractivity contribution in [3.8, 4) is 0 Å². The third-order valence-corrected chi connectivity index (χ3v) is 6.75. The summed E-state index contributed by atoms with van der Waals surface area (Å²) in [5.41, 5.74) is 0.968. The first-order valence-corrected chi connectivity index (χ1v) is 11.1. The molecule has 0 aliphatic carbocycles. The predicted octanol–water partition coefficient (Wildman–Crippen LogP) is 8.84. The van der Waals surface area contributed by atoms with Crippen LogP contribution in [0.25, 0.3) is 43.1 Å². The fraction of sp³-hybridized carbons (Fsp3) is 0. The van der Waals surface area contributed by atoms with Crippen molar-refractivity contribution in [3.63, 3.8) is 0 Å². The van der Waals surface area contributed by atoms with Gasteiger partial charge in [0.25, 0.3) is 0 Å². The highest BCUT2D eigenvalue weighted by atomic mass is 35.5. The van der Waals surface area contributed by atoms with E-state index in [0.29, 0.717) is 21.2 Å². The molecule has 0 aromatic heterocycles. The second-order valence-corrected chi connectivity index (χ2v) is 8.83. The molecule has 152 valence electrons. The van der Waals surface area contributed by atoms with Gasteiger partial charge in [-0.1, -0.05) is 83.9 Å². The third kappa shape index (κ3) is 2.97. The highest BCUT2D eigenvalue weighted by Gasteiger charge is 2.22. The molecule has 0 atom stereocenters. The van der Waals surface area contributed by atoms with E-state index in [0.717, 1.165) is 43.1 Å². The second kappa shape index (κ2) is 7.34. The van der Waals surface area contributed by atoms with Gasteiger partial charge in [0.1, 0.15) is 0 Å². The SMILES string of the molecule is O=C(c1c(Cl)ccc2cc3ccccc3cc12)c1c(Cl)ccc2cc3ccccc3cc12. The van der Waals surface area contributed by atoms with Gasteiger partial charge in [0.15, 0.2) is 5.78 Å². The van der Waals surface area contributed by atoms with Crippen molar-refractivity contribution in [1.82, 2.24) is 0 Å². The smallest absolute Gasteiger partial charge is 0.197 e. The number of halogens is 2. The predicted molar refractivity (Wildman–Crippen MR) is 136 cm³/mol. The number of hydrogen-bond donors (Lipinski definition) is 0. The number of ketones is 1. The Morgan fingerprint density at radius 1 is 0.469 bits per heavy atom. The van der Waals surface area contributed by atoms with Gasteiger partial charge in [-0.15, -0.1) is 0 Å². The lowest BCUT2D eigenvalue weighted by molar-refractivity contribution is 0.104. The summed E-state index contributed by atoms with van der Waals surface area (Å²) in [6.45, 7) is 0. The molecule has 0 radical (unpaired) electrons. The maximum Gasteiger partial charge on any atom is 0.197 e. The van der Waals surface area contributed by atoms with Crippen LogP contribution in [0.1, 0.15) is 15.9 Å². The molecule has 0 fully saturated rings. The van der Waals surface area contributed by atoms with E-state index in [9.17, 15) is 4.79 Å². The van der Waals surface area contributed by atoms with Gasteiger partial charge in [0, 0.05) is 11.1 Å². The minimum absolute atomic E-state index is 0.165. The normalized spacial score (nSPS) is 11.6. The molecule has 0 saturated heterocycles. The Morgan fingerprint density at radius 3 is 1.25 bits per heavy atom. The quantitative estimate of drug-likeness (QED) is 0.190. The van der Waals surface area contributed by atoms with Crippen LogP contribution in [0.3, 0.4) is 0 Å². The Balaban J connectivity index is 1.67. The summed E-state index contributed by atoms with van der Waals surface area (Å²) in [6.07, 6.45) is 0. The molecule has 0 amide bonds. The van der Waals surface area contributed by atoms with Gasteiger partial charge in [0.2, 0.25) is 0 Å². The fourth-order valence-corrected chi connectivity index (χ4v) is 5.06. The molecule has 6 rings (SSSR count). The average molecular weight is 451 g/mol. The molecule has 0 aliphatic rings. The van der Waals surface area contributed by atoms with Crippen molar-refractivity contribution in [2.45, 2.75) is 0 Å². The van der Waals surface area contributed by atoms with Gasteiger partial charge in [0.05, 0.1) is 10.0 Å². The minimum Gasteiger partial charge on any atom is -0.288 e. The lowest BCUT2D eigenvalue weighted by atomic mass is 9.91. The third-order valence-electron chi connectivity index (χ3n) is 6.12. The fourth-order valence-electron chi connectivity index (χ4n) is 4.56. The first kappa shape index (κ1) is 19.3. The Hall–Kier alpha value is -3.39. The number of benzene rings is 6. The molecule has 0 aliphatic heterocycles. The van der Waals surface area contributed by atoms with Gasteiger partial charge in [-0.25, -0.2) is 0 Å². The molecule has 0 unspecified atom stereocenters. The maximum absolute atomic E-state index is 14.0. The van der Waals surface area contributed by atoms with Crippen molar-refractivity contribution in [2.24, 2.45) is 0 Å². The van der Waals surface area contributed by atoms with E-state index in [-0.39, 0.29) is 5.78 Å². The molecule has 3 heteroatoms. The molecular weight excluding hydrogens is 435 g/mol. The zero-order valence-corrected chi connectivity index (χ0v) is 18.4. The largest absolute Gasteiger partial charge is 0.288 e. The minimum atomic E-state index is -0.165. The highest BCUT2D eigenvalue weighted by molar-refractivity contribution is 6.42. The molecule has 6 aromatic rings. The van der Waals surface area contributed by atoms with Crippen molar-refractivity contribution < 1.29 is 4.79 Å². The molecule has 0 spiro atoms. The zero-order chi connectivity index (χ0) is 21.8. The van der Waals surface area contributed by atoms with Crippen molar-refractivity contribution in [3.05, 3.63) is 118 Å². The Kier molecular flexibility index (Phi) is 4.43. The summed E-state index contributed by atoms with van der Waals surface area (Å²) in [7, 11) is 0. The van der Waals surface area contributed by atoms with Crippen LogP contribution in [0.2, 0.25) is 10.0 Å². The monoisotopic (exact) mass is 450 g/mol. The van der Waals surface area contributed by atoms with Gasteiger partial charge >= 0.3 is 0 Å². The van der Waals surface area contributed by atoms with Crippen LogP contribution in [0.5, 0.6) is 0 Å². The van der Waals surface area contributed by atoms with E-state index in [2.05, 4.69) is 24.3 Å². The first-order valence-electron chi connectivity index (χ1n) is 10.4. The zero-order valence-electron chi connectivity index (χ0n) is 16.9. The molecule has 32 heavy (non-hydrogen) atoms. The van der Waals surface area contributed by atoms with E-state index in [1.165, 1.54) is 0 Å². The summed E-state index contributed by atoms with van der Waals surface area (Å²) in [5, 5.41) is 8.81. The van der Waals surface area contributed by atoms with Crippen molar-refractivity contribution in [1.29, 1.82) is 0 Å². The Labute approximate surface area is 194 Å². The van der Waals surface area contributed by atoms with Crippen molar-refractivity contribution in [2.75, 3.05) is 0 Å². The summed E-state index contributed by atoms with van der Waals surface area (Å²) >= 11 is 13.3. The first-order chi connectivity index (χ1) is 15.6. The van der Waals surface area contributed by atoms with Gasteiger partial charge in [-0.3, -0.25) is 4.79 Å². The number of rotatable bonds is 2. The van der Waals surface area contributed by atoms with Crippen LogP contribution < -0.4 is 0 Å². The molecule has 0 N–H and O–H groups in total. The van der Waals surface area contributed by atoms with Crippen LogP contribution in [-0.2, 0) is 0 Å². The molecule has 0 heterocycles. The van der Waals surface area contributed by atoms with E-state index in [1.807, 2.05) is 60.7 Å². The molecule has 6 aromatic carbocycles. The summed E-state index contributed by atoms with van der Waals surface area (Å²) in [4.78, 5) is 14.0. The topological polar surface area (TPSA) is 17.1 Å². The molecule has 0 bridgehead atoms. The van der Waals surface area contributed by atoms with Crippen LogP contribution in [-0.4, -0.2) is 5.78 Å². The molecule has 0 saturated carbocycles. The van der Waals surface area contributed by atoms with Crippen LogP contribution >= 0.6 is 23.2 Å². The maximum atomic E-state index is 14.0. The van der Waals surface area contributed by atoms with Crippen molar-refractivity contribution >= 4 is 72.1 Å². The van der Waals surface area contributed by atoms with Gasteiger partial charge in [-0.2, -0.15) is 0 Å². The Morgan fingerprint density at radius 2 is 0.844 bits per heavy atom. The van der Waals surface area contributed by atoms with E-state index < -0.39 is 0 Å². The lowest BCUT2D eigenvalue weighted by Crippen LogP contribution is -2.05. The average Bonchev–Trinajstić information content (AvgIpc) is 2.81. The molecule has 1 nitrogen and oxygen atoms in total. The van der Waals surface area contributed by atoms with Crippen LogP contribution in [0, 0.1) is 0 Å². The summed E-state index contributed by atoms with van der Waals surface area (Å²) in [5.74, 6) is -0.165. The van der Waals surface area contributed by atoms with Gasteiger partial charge in [-0.05, 0) is 79.5 Å². The number of hydrogen-bond acceptors (Lipinski definition) is 1.